The van der Waals surface area contributed by atoms with Crippen LogP contribution in [0.1, 0.15) is 5.56 Å². The molecular formula is C14H12N4O4. The lowest BCUT2D eigenvalue weighted by Crippen LogP contribution is -2.03. The number of hydrogen-bond acceptors (Lipinski definition) is 6. The molecule has 0 fully saturated rings. The second-order valence-electron chi connectivity index (χ2n) is 4.69. The SMILES string of the molecule is O=[N+]([O-])c1cc(CCO)cc(-n2nc3ccccc3n2)c1O. The molecule has 0 spiro atoms. The number of nitrogens with zero attached hydrogens (tertiary/aromatic N) is 4. The summed E-state index contributed by atoms with van der Waals surface area (Å²) in [6, 6.07) is 9.86. The monoisotopic (exact) mass is 300 g/mol. The van der Waals surface area contributed by atoms with Gasteiger partial charge in [-0.05, 0) is 30.2 Å². The number of phenolic OH excluding ortho intramolecular Hbond substituents is 1. The molecule has 0 aliphatic rings. The fourth-order valence-corrected chi connectivity index (χ4v) is 2.19. The van der Waals surface area contributed by atoms with Gasteiger partial charge in [-0.15, -0.1) is 15.0 Å². The molecule has 22 heavy (non-hydrogen) atoms. The van der Waals surface area contributed by atoms with Crippen molar-refractivity contribution < 1.29 is 15.1 Å². The molecule has 1 heterocycles. The highest BCUT2D eigenvalue weighted by atomic mass is 16.6. The number of benzene rings is 2. The van der Waals surface area contributed by atoms with E-state index in [9.17, 15) is 15.2 Å². The van der Waals surface area contributed by atoms with E-state index in [1.807, 2.05) is 0 Å². The van der Waals surface area contributed by atoms with Crippen LogP contribution in [-0.4, -0.2) is 36.7 Å². The van der Waals surface area contributed by atoms with E-state index in [2.05, 4.69) is 10.2 Å². The van der Waals surface area contributed by atoms with Crippen LogP contribution in [0.4, 0.5) is 5.69 Å². The van der Waals surface area contributed by atoms with Gasteiger partial charge in [0.15, 0.2) is 0 Å². The van der Waals surface area contributed by atoms with Crippen LogP contribution in [0.25, 0.3) is 16.7 Å². The predicted molar refractivity (Wildman–Crippen MR) is 78.0 cm³/mol. The predicted octanol–water partition coefficient (Wildman–Crippen LogP) is 1.57. The minimum Gasteiger partial charge on any atom is -0.501 e. The summed E-state index contributed by atoms with van der Waals surface area (Å²) in [5.74, 6) is -0.507. The van der Waals surface area contributed by atoms with Crippen molar-refractivity contribution in [3.8, 4) is 11.4 Å². The van der Waals surface area contributed by atoms with E-state index in [0.29, 0.717) is 16.6 Å². The molecular weight excluding hydrogens is 288 g/mol. The van der Waals surface area contributed by atoms with Crippen molar-refractivity contribution >= 4 is 16.7 Å². The Labute approximate surface area is 124 Å². The Kier molecular flexibility index (Phi) is 3.43. The lowest BCUT2D eigenvalue weighted by molar-refractivity contribution is -0.385. The van der Waals surface area contributed by atoms with Gasteiger partial charge in [-0.1, -0.05) is 12.1 Å². The van der Waals surface area contributed by atoms with Gasteiger partial charge in [0.1, 0.15) is 16.7 Å². The first-order valence-corrected chi connectivity index (χ1v) is 6.54. The molecule has 0 atom stereocenters. The normalized spacial score (nSPS) is 11.0. The zero-order valence-corrected chi connectivity index (χ0v) is 11.4. The van der Waals surface area contributed by atoms with Gasteiger partial charge >= 0.3 is 5.69 Å². The van der Waals surface area contributed by atoms with Gasteiger partial charge < -0.3 is 10.2 Å². The molecule has 3 aromatic rings. The summed E-state index contributed by atoms with van der Waals surface area (Å²) in [6.45, 7) is -0.157. The van der Waals surface area contributed by atoms with Gasteiger partial charge in [0.2, 0.25) is 5.75 Å². The highest BCUT2D eigenvalue weighted by molar-refractivity contribution is 5.74. The number of phenols is 1. The number of hydrogen-bond donors (Lipinski definition) is 2. The number of fused-ring (bicyclic) bond motifs is 1. The number of aliphatic hydroxyl groups excluding tert-OH is 1. The van der Waals surface area contributed by atoms with Crippen LogP contribution in [0, 0.1) is 10.1 Å². The topological polar surface area (TPSA) is 114 Å². The lowest BCUT2D eigenvalue weighted by atomic mass is 10.1. The zero-order chi connectivity index (χ0) is 15.7. The second kappa shape index (κ2) is 5.41. The lowest BCUT2D eigenvalue weighted by Gasteiger charge is -2.07. The summed E-state index contributed by atoms with van der Waals surface area (Å²) in [4.78, 5) is 11.5. The summed E-state index contributed by atoms with van der Waals surface area (Å²) in [6.07, 6.45) is 0.231. The Morgan fingerprint density at radius 3 is 2.36 bits per heavy atom. The van der Waals surface area contributed by atoms with Gasteiger partial charge in [-0.25, -0.2) is 0 Å². The molecule has 2 aromatic carbocycles. The molecule has 0 amide bonds. The molecule has 0 aliphatic carbocycles. The maximum Gasteiger partial charge on any atom is 0.313 e. The summed E-state index contributed by atoms with van der Waals surface area (Å²) in [5.41, 5.74) is 1.40. The number of nitro benzene ring substituents is 1. The maximum absolute atomic E-state index is 11.1. The number of nitro groups is 1. The number of aliphatic hydroxyl groups is 1. The molecule has 0 radical (unpaired) electrons. The standard InChI is InChI=1S/C14H12N4O4/c19-6-5-9-7-12(14(20)13(8-9)18(21)22)17-15-10-3-1-2-4-11(10)16-17/h1-4,7-8,19-20H,5-6H2. The average Bonchev–Trinajstić information content (AvgIpc) is 2.92. The summed E-state index contributed by atoms with van der Waals surface area (Å²) >= 11 is 0. The van der Waals surface area contributed by atoms with Crippen molar-refractivity contribution in [2.24, 2.45) is 0 Å². The summed E-state index contributed by atoms with van der Waals surface area (Å²) in [5, 5.41) is 38.6. The molecule has 3 rings (SSSR count). The Hall–Kier alpha value is -3.00. The third-order valence-electron chi connectivity index (χ3n) is 3.23. The van der Waals surface area contributed by atoms with Crippen LogP contribution in [0.5, 0.6) is 5.75 Å². The Bertz CT molecular complexity index is 826. The zero-order valence-electron chi connectivity index (χ0n) is 11.4. The molecule has 0 unspecified atom stereocenters. The van der Waals surface area contributed by atoms with Crippen LogP contribution in [0.3, 0.4) is 0 Å². The largest absolute Gasteiger partial charge is 0.501 e. The van der Waals surface area contributed by atoms with E-state index >= 15 is 0 Å². The highest BCUT2D eigenvalue weighted by Crippen LogP contribution is 2.33. The van der Waals surface area contributed by atoms with Crippen molar-refractivity contribution in [3.05, 3.63) is 52.1 Å². The quantitative estimate of drug-likeness (QED) is 0.558. The van der Waals surface area contributed by atoms with Crippen molar-refractivity contribution in [1.29, 1.82) is 0 Å². The van der Waals surface area contributed by atoms with Crippen LogP contribution in [0.2, 0.25) is 0 Å². The van der Waals surface area contributed by atoms with Crippen molar-refractivity contribution in [3.63, 3.8) is 0 Å². The number of aromatic hydroxyl groups is 1. The van der Waals surface area contributed by atoms with Crippen LogP contribution >= 0.6 is 0 Å². The molecule has 1 aromatic heterocycles. The van der Waals surface area contributed by atoms with Crippen molar-refractivity contribution in [2.75, 3.05) is 6.61 Å². The van der Waals surface area contributed by atoms with Crippen LogP contribution < -0.4 is 0 Å². The van der Waals surface area contributed by atoms with Crippen LogP contribution in [-0.2, 0) is 6.42 Å². The molecule has 112 valence electrons. The average molecular weight is 300 g/mol. The van der Waals surface area contributed by atoms with Gasteiger partial charge in [0, 0.05) is 12.7 Å². The third-order valence-corrected chi connectivity index (χ3v) is 3.23. The molecule has 8 heteroatoms. The van der Waals surface area contributed by atoms with E-state index in [0.717, 1.165) is 4.80 Å². The molecule has 0 saturated heterocycles. The van der Waals surface area contributed by atoms with Crippen molar-refractivity contribution in [1.82, 2.24) is 15.0 Å². The third kappa shape index (κ3) is 2.35. The highest BCUT2D eigenvalue weighted by Gasteiger charge is 2.21. The Balaban J connectivity index is 2.21. The fourth-order valence-electron chi connectivity index (χ4n) is 2.19. The molecule has 0 aliphatic heterocycles. The van der Waals surface area contributed by atoms with Crippen molar-refractivity contribution in [2.45, 2.75) is 6.42 Å². The summed E-state index contributed by atoms with van der Waals surface area (Å²) < 4.78 is 0. The van der Waals surface area contributed by atoms with E-state index in [-0.39, 0.29) is 18.7 Å². The first kappa shape index (κ1) is 14.0. The first-order valence-electron chi connectivity index (χ1n) is 6.54. The van der Waals surface area contributed by atoms with Gasteiger partial charge in [-0.2, -0.15) is 0 Å². The minimum atomic E-state index is -0.678. The first-order chi connectivity index (χ1) is 10.6. The van der Waals surface area contributed by atoms with E-state index in [1.54, 1.807) is 24.3 Å². The van der Waals surface area contributed by atoms with Gasteiger partial charge in [0.25, 0.3) is 0 Å². The Morgan fingerprint density at radius 1 is 1.18 bits per heavy atom. The molecule has 0 bridgehead atoms. The summed E-state index contributed by atoms with van der Waals surface area (Å²) in [7, 11) is 0. The molecule has 0 saturated carbocycles. The van der Waals surface area contributed by atoms with E-state index in [4.69, 9.17) is 5.11 Å². The smallest absolute Gasteiger partial charge is 0.313 e. The van der Waals surface area contributed by atoms with Gasteiger partial charge in [0.05, 0.1) is 4.92 Å². The second-order valence-corrected chi connectivity index (χ2v) is 4.69. The fraction of sp³-hybridized carbons (Fsp3) is 0.143. The van der Waals surface area contributed by atoms with E-state index in [1.165, 1.54) is 12.1 Å². The number of rotatable bonds is 4. The van der Waals surface area contributed by atoms with Gasteiger partial charge in [-0.3, -0.25) is 10.1 Å². The van der Waals surface area contributed by atoms with E-state index < -0.39 is 16.4 Å². The maximum atomic E-state index is 11.1. The molecule has 2 N–H and O–H groups in total. The minimum absolute atomic E-state index is 0.105. The Morgan fingerprint density at radius 2 is 1.82 bits per heavy atom. The van der Waals surface area contributed by atoms with Crippen LogP contribution in [0.15, 0.2) is 36.4 Å². The number of aromatic nitrogens is 3. The molecule has 8 nitrogen and oxygen atoms in total.